The Morgan fingerprint density at radius 2 is 1.56 bits per heavy atom. The van der Waals surface area contributed by atoms with Gasteiger partial charge in [-0.1, -0.05) is 78.8 Å². The normalized spacial score (nSPS) is 12.5. The van der Waals surface area contributed by atoms with Crippen LogP contribution in [0.2, 0.25) is 15.1 Å². The maximum Gasteiger partial charge on any atom is 0.417 e. The molecule has 1 atom stereocenters. The first-order valence-electron chi connectivity index (χ1n) is 14.1. The van der Waals surface area contributed by atoms with Gasteiger partial charge in [-0.3, -0.25) is 13.9 Å². The maximum atomic E-state index is 14.2. The number of nitrogens with zero attached hydrogens (tertiary/aromatic N) is 2. The van der Waals surface area contributed by atoms with Gasteiger partial charge in [-0.05, 0) is 62.2 Å². The molecule has 3 aromatic rings. The minimum Gasteiger partial charge on any atom is -0.354 e. The Balaban J connectivity index is 2.17. The second-order valence-electron chi connectivity index (χ2n) is 10.3. The molecule has 0 spiro atoms. The summed E-state index contributed by atoms with van der Waals surface area (Å²) in [5.41, 5.74) is -0.672. The Bertz CT molecular complexity index is 1600. The van der Waals surface area contributed by atoms with E-state index >= 15 is 0 Å². The molecule has 244 valence electrons. The SMILES string of the molecule is CCCCNC(=O)[C@@H](CC)N(Cc1c(Cl)cccc1Cl)C(=O)CN(c1ccc(Cl)c(C(F)(F)F)c1)S(=O)(=O)c1ccc(C)cc1. The van der Waals surface area contributed by atoms with Crippen LogP contribution in [0.3, 0.4) is 0 Å². The largest absolute Gasteiger partial charge is 0.417 e. The van der Waals surface area contributed by atoms with Crippen LogP contribution in [0, 0.1) is 6.92 Å². The van der Waals surface area contributed by atoms with Crippen LogP contribution in [0.1, 0.15) is 49.8 Å². The summed E-state index contributed by atoms with van der Waals surface area (Å²) >= 11 is 18.6. The summed E-state index contributed by atoms with van der Waals surface area (Å²) in [5, 5.41) is 2.56. The van der Waals surface area contributed by atoms with Gasteiger partial charge < -0.3 is 10.2 Å². The number of hydrogen-bond donors (Lipinski definition) is 1. The molecule has 14 heteroatoms. The molecule has 0 saturated carbocycles. The van der Waals surface area contributed by atoms with Crippen LogP contribution < -0.4 is 9.62 Å². The van der Waals surface area contributed by atoms with Crippen molar-refractivity contribution in [1.82, 2.24) is 10.2 Å². The highest BCUT2D eigenvalue weighted by Crippen LogP contribution is 2.38. The van der Waals surface area contributed by atoms with Crippen molar-refractivity contribution in [2.75, 3.05) is 17.4 Å². The molecule has 0 heterocycles. The fourth-order valence-corrected chi connectivity index (χ4v) is 6.68. The Kier molecular flexibility index (Phi) is 12.6. The highest BCUT2D eigenvalue weighted by Gasteiger charge is 2.37. The van der Waals surface area contributed by atoms with Crippen LogP contribution in [0.25, 0.3) is 0 Å². The van der Waals surface area contributed by atoms with Gasteiger partial charge in [0.1, 0.15) is 12.6 Å². The third kappa shape index (κ3) is 9.06. The van der Waals surface area contributed by atoms with Gasteiger partial charge >= 0.3 is 6.18 Å². The van der Waals surface area contributed by atoms with Crippen LogP contribution in [0.4, 0.5) is 18.9 Å². The number of alkyl halides is 3. The number of rotatable bonds is 13. The van der Waals surface area contributed by atoms with E-state index in [1.807, 2.05) is 6.92 Å². The number of aryl methyl sites for hydroxylation is 1. The monoisotopic (exact) mass is 705 g/mol. The smallest absolute Gasteiger partial charge is 0.354 e. The van der Waals surface area contributed by atoms with Crippen LogP contribution in [-0.2, 0) is 32.3 Å². The average molecular weight is 707 g/mol. The number of nitrogens with one attached hydrogen (secondary N) is 1. The third-order valence-corrected chi connectivity index (χ3v) is 9.86. The second-order valence-corrected chi connectivity index (χ2v) is 13.4. The molecule has 0 aliphatic heterocycles. The van der Waals surface area contributed by atoms with Gasteiger partial charge in [-0.2, -0.15) is 13.2 Å². The molecule has 0 aliphatic carbocycles. The Morgan fingerprint density at radius 3 is 2.11 bits per heavy atom. The predicted octanol–water partition coefficient (Wildman–Crippen LogP) is 7.89. The standard InChI is InChI=1S/C31H33Cl3F3N3O4S/c1-4-6-16-38-30(42)28(5-2)39(18-23-25(32)8-7-9-26(23)33)29(41)19-40(45(43,44)22-13-10-20(3)11-14-22)21-12-15-27(34)24(17-21)31(35,36)37/h7-15,17,28H,4-6,16,18-19H2,1-3H3,(H,38,42)/t28-/m1/s1. The first-order chi connectivity index (χ1) is 21.1. The number of carbonyl (C=O) groups excluding carboxylic acids is 2. The van der Waals surface area contributed by atoms with Gasteiger partial charge in [0.2, 0.25) is 11.8 Å². The number of unbranched alkanes of at least 4 members (excludes halogenated alkanes) is 1. The van der Waals surface area contributed by atoms with E-state index < -0.39 is 56.9 Å². The third-order valence-electron chi connectivity index (χ3n) is 7.04. The van der Waals surface area contributed by atoms with Crippen molar-refractivity contribution >= 4 is 62.3 Å². The zero-order chi connectivity index (χ0) is 33.5. The minimum absolute atomic E-state index is 0.135. The van der Waals surface area contributed by atoms with Crippen molar-refractivity contribution in [3.05, 3.63) is 92.4 Å². The molecule has 0 aliphatic rings. The molecule has 0 unspecified atom stereocenters. The fourth-order valence-electron chi connectivity index (χ4n) is 4.53. The number of halogens is 6. The molecule has 0 bridgehead atoms. The van der Waals surface area contributed by atoms with E-state index in [2.05, 4.69) is 5.32 Å². The van der Waals surface area contributed by atoms with E-state index in [4.69, 9.17) is 34.8 Å². The lowest BCUT2D eigenvalue weighted by Gasteiger charge is -2.33. The molecular formula is C31H33Cl3F3N3O4S. The van der Waals surface area contributed by atoms with Crippen molar-refractivity contribution in [2.45, 2.75) is 63.7 Å². The molecule has 0 saturated heterocycles. The average Bonchev–Trinajstić information content (AvgIpc) is 2.97. The summed E-state index contributed by atoms with van der Waals surface area (Å²) in [6, 6.07) is 11.8. The van der Waals surface area contributed by atoms with Crippen LogP contribution in [0.15, 0.2) is 65.6 Å². The van der Waals surface area contributed by atoms with E-state index in [0.717, 1.165) is 29.0 Å². The van der Waals surface area contributed by atoms with Crippen LogP contribution in [-0.4, -0.2) is 44.3 Å². The first-order valence-corrected chi connectivity index (χ1v) is 16.6. The Labute approximate surface area is 276 Å². The first kappa shape index (κ1) is 36.5. The van der Waals surface area contributed by atoms with Crippen molar-refractivity contribution in [2.24, 2.45) is 0 Å². The second kappa shape index (κ2) is 15.5. The topological polar surface area (TPSA) is 86.8 Å². The fraction of sp³-hybridized carbons (Fsp3) is 0.355. The molecule has 2 amide bonds. The maximum absolute atomic E-state index is 14.2. The summed E-state index contributed by atoms with van der Waals surface area (Å²) in [7, 11) is -4.61. The Hall–Kier alpha value is -2.99. The van der Waals surface area contributed by atoms with Gasteiger partial charge in [-0.15, -0.1) is 0 Å². The Morgan fingerprint density at radius 1 is 0.933 bits per heavy atom. The number of hydrogen-bond acceptors (Lipinski definition) is 4. The highest BCUT2D eigenvalue weighted by molar-refractivity contribution is 7.92. The summed E-state index contributed by atoms with van der Waals surface area (Å²) < 4.78 is 70.0. The van der Waals surface area contributed by atoms with E-state index in [1.54, 1.807) is 32.0 Å². The van der Waals surface area contributed by atoms with Crippen LogP contribution in [0.5, 0.6) is 0 Å². The molecule has 7 nitrogen and oxygen atoms in total. The predicted molar refractivity (Wildman–Crippen MR) is 171 cm³/mol. The zero-order valence-electron chi connectivity index (χ0n) is 24.8. The quantitative estimate of drug-likeness (QED) is 0.183. The molecular weight excluding hydrogens is 674 g/mol. The van der Waals surface area contributed by atoms with Gasteiger partial charge in [0.25, 0.3) is 10.0 Å². The van der Waals surface area contributed by atoms with E-state index in [0.29, 0.717) is 28.9 Å². The summed E-state index contributed by atoms with van der Waals surface area (Å²) in [6.07, 6.45) is -3.28. The van der Waals surface area contributed by atoms with E-state index in [1.165, 1.54) is 24.3 Å². The highest BCUT2D eigenvalue weighted by atomic mass is 35.5. The van der Waals surface area contributed by atoms with Crippen molar-refractivity contribution in [1.29, 1.82) is 0 Å². The molecule has 0 fully saturated rings. The van der Waals surface area contributed by atoms with Crippen LogP contribution >= 0.6 is 34.8 Å². The lowest BCUT2D eigenvalue weighted by atomic mass is 10.1. The zero-order valence-corrected chi connectivity index (χ0v) is 27.9. The molecule has 3 rings (SSSR count). The molecule has 0 aromatic heterocycles. The number of carbonyl (C=O) groups is 2. The number of amides is 2. The van der Waals surface area contributed by atoms with Gasteiger partial charge in [0, 0.05) is 28.7 Å². The van der Waals surface area contributed by atoms with Gasteiger partial charge in [0.15, 0.2) is 0 Å². The number of anilines is 1. The molecule has 45 heavy (non-hydrogen) atoms. The van der Waals surface area contributed by atoms with Crippen molar-refractivity contribution < 1.29 is 31.2 Å². The minimum atomic E-state index is -4.91. The number of sulfonamides is 1. The molecule has 3 aromatic carbocycles. The van der Waals surface area contributed by atoms with Gasteiger partial charge in [-0.25, -0.2) is 8.42 Å². The molecule has 0 radical (unpaired) electrons. The van der Waals surface area contributed by atoms with E-state index in [9.17, 15) is 31.2 Å². The van der Waals surface area contributed by atoms with E-state index in [-0.39, 0.29) is 27.9 Å². The van der Waals surface area contributed by atoms with Crippen molar-refractivity contribution in [3.63, 3.8) is 0 Å². The van der Waals surface area contributed by atoms with Crippen molar-refractivity contribution in [3.8, 4) is 0 Å². The lowest BCUT2D eigenvalue weighted by molar-refractivity contribution is -0.140. The lowest BCUT2D eigenvalue weighted by Crippen LogP contribution is -2.52. The number of benzene rings is 3. The van der Waals surface area contributed by atoms with Gasteiger partial charge in [0.05, 0.1) is 21.2 Å². The summed E-state index contributed by atoms with van der Waals surface area (Å²) in [6.45, 7) is 4.48. The summed E-state index contributed by atoms with van der Waals surface area (Å²) in [5.74, 6) is -1.36. The molecule has 1 N–H and O–H groups in total. The summed E-state index contributed by atoms with van der Waals surface area (Å²) in [4.78, 5) is 28.4.